The van der Waals surface area contributed by atoms with Crippen molar-refractivity contribution in [3.63, 3.8) is 0 Å². The Morgan fingerprint density at radius 1 is 1.18 bits per heavy atom. The number of fused-ring (bicyclic) bond motifs is 1. The molecule has 1 saturated heterocycles. The van der Waals surface area contributed by atoms with Crippen LogP contribution in [-0.4, -0.2) is 49.4 Å². The molecule has 1 N–H and O–H groups in total. The number of hydrogen-bond acceptors (Lipinski definition) is 5. The van der Waals surface area contributed by atoms with E-state index in [1.165, 1.54) is 10.5 Å². The van der Waals surface area contributed by atoms with Gasteiger partial charge in [-0.15, -0.1) is 0 Å². The zero-order valence-corrected chi connectivity index (χ0v) is 16.3. The second kappa shape index (κ2) is 7.89. The molecule has 148 valence electrons. The molecule has 7 nitrogen and oxygen atoms in total. The molecule has 2 aliphatic heterocycles. The van der Waals surface area contributed by atoms with Gasteiger partial charge in [0.2, 0.25) is 15.9 Å². The number of nitrogens with zero attached hydrogens (tertiary/aromatic N) is 2. The second-order valence-electron chi connectivity index (χ2n) is 7.16. The molecule has 4 rings (SSSR count). The van der Waals surface area contributed by atoms with Crippen LogP contribution in [0.2, 0.25) is 0 Å². The highest BCUT2D eigenvalue weighted by molar-refractivity contribution is 7.89. The van der Waals surface area contributed by atoms with Crippen LogP contribution in [0, 0.1) is 5.92 Å². The van der Waals surface area contributed by atoms with Gasteiger partial charge >= 0.3 is 0 Å². The number of pyridine rings is 1. The topological polar surface area (TPSA) is 88.6 Å². The summed E-state index contributed by atoms with van der Waals surface area (Å²) in [6, 6.07) is 11.0. The zero-order valence-electron chi connectivity index (χ0n) is 15.5. The average molecular weight is 401 g/mol. The van der Waals surface area contributed by atoms with Crippen molar-refractivity contribution in [2.45, 2.75) is 30.3 Å². The molecule has 1 amide bonds. The first-order valence-corrected chi connectivity index (χ1v) is 10.9. The third-order valence-corrected chi connectivity index (χ3v) is 7.20. The Hall–Kier alpha value is -2.45. The molecule has 1 aromatic heterocycles. The Labute approximate surface area is 164 Å². The van der Waals surface area contributed by atoms with E-state index in [1.807, 2.05) is 24.3 Å². The van der Waals surface area contributed by atoms with Gasteiger partial charge in [-0.05, 0) is 36.6 Å². The molecule has 0 saturated carbocycles. The van der Waals surface area contributed by atoms with Gasteiger partial charge in [0, 0.05) is 37.8 Å². The fourth-order valence-corrected chi connectivity index (χ4v) is 5.17. The number of amides is 1. The van der Waals surface area contributed by atoms with Gasteiger partial charge in [-0.3, -0.25) is 9.78 Å². The van der Waals surface area contributed by atoms with Crippen LogP contribution in [0.1, 0.15) is 18.4 Å². The molecule has 8 heteroatoms. The van der Waals surface area contributed by atoms with E-state index in [-0.39, 0.29) is 22.8 Å². The van der Waals surface area contributed by atoms with E-state index in [4.69, 9.17) is 4.74 Å². The van der Waals surface area contributed by atoms with Gasteiger partial charge < -0.3 is 10.1 Å². The van der Waals surface area contributed by atoms with Gasteiger partial charge in [-0.2, -0.15) is 4.31 Å². The van der Waals surface area contributed by atoms with E-state index >= 15 is 0 Å². The number of para-hydroxylation sites is 1. The average Bonchev–Trinajstić information content (AvgIpc) is 3.16. The van der Waals surface area contributed by atoms with E-state index in [1.54, 1.807) is 18.3 Å². The number of benzene rings is 1. The first kappa shape index (κ1) is 18.9. The maximum absolute atomic E-state index is 12.6. The molecule has 0 aliphatic carbocycles. The highest BCUT2D eigenvalue weighted by Gasteiger charge is 2.32. The molecule has 0 bridgehead atoms. The first-order valence-electron chi connectivity index (χ1n) is 9.46. The fourth-order valence-electron chi connectivity index (χ4n) is 3.73. The lowest BCUT2D eigenvalue weighted by atomic mass is 9.97. The number of carbonyl (C=O) groups is 1. The summed E-state index contributed by atoms with van der Waals surface area (Å²) in [5.74, 6) is 0.678. The normalized spacial score (nSPS) is 20.4. The van der Waals surface area contributed by atoms with E-state index < -0.39 is 10.0 Å². The van der Waals surface area contributed by atoms with Gasteiger partial charge in [-0.1, -0.05) is 18.2 Å². The highest BCUT2D eigenvalue weighted by atomic mass is 32.2. The van der Waals surface area contributed by atoms with Crippen molar-refractivity contribution < 1.29 is 17.9 Å². The Kier molecular flexibility index (Phi) is 5.32. The molecule has 3 heterocycles. The second-order valence-corrected chi connectivity index (χ2v) is 9.10. The molecule has 2 aromatic rings. The van der Waals surface area contributed by atoms with Crippen molar-refractivity contribution >= 4 is 15.9 Å². The van der Waals surface area contributed by atoms with Crippen LogP contribution < -0.4 is 10.1 Å². The van der Waals surface area contributed by atoms with Crippen LogP contribution >= 0.6 is 0 Å². The predicted octanol–water partition coefficient (Wildman–Crippen LogP) is 1.60. The Morgan fingerprint density at radius 3 is 2.68 bits per heavy atom. The number of aromatic nitrogens is 1. The Morgan fingerprint density at radius 2 is 1.96 bits per heavy atom. The standard InChI is InChI=1S/C20H23N3O4S/c24-20(22-13-17-12-16-4-1-2-6-19(16)27-17)15-7-10-23(11-8-15)28(25,26)18-5-3-9-21-14-18/h1-6,9,14-15,17H,7-8,10-13H2,(H,22,24). The van der Waals surface area contributed by atoms with Crippen LogP contribution in [0.25, 0.3) is 0 Å². The van der Waals surface area contributed by atoms with Crippen LogP contribution in [0.5, 0.6) is 5.75 Å². The largest absolute Gasteiger partial charge is 0.488 e. The molecular formula is C20H23N3O4S. The number of ether oxygens (including phenoxy) is 1. The summed E-state index contributed by atoms with van der Waals surface area (Å²) in [5, 5.41) is 2.97. The lowest BCUT2D eigenvalue weighted by Gasteiger charge is -2.30. The maximum Gasteiger partial charge on any atom is 0.244 e. The van der Waals surface area contributed by atoms with Gasteiger partial charge in [-0.25, -0.2) is 8.42 Å². The summed E-state index contributed by atoms with van der Waals surface area (Å²) < 4.78 is 32.6. The summed E-state index contributed by atoms with van der Waals surface area (Å²) in [6.45, 7) is 1.13. The van der Waals surface area contributed by atoms with Crippen molar-refractivity contribution in [1.29, 1.82) is 0 Å². The third kappa shape index (κ3) is 3.88. The van der Waals surface area contributed by atoms with Gasteiger partial charge in [0.25, 0.3) is 0 Å². The molecule has 28 heavy (non-hydrogen) atoms. The minimum absolute atomic E-state index is 0.0296. The van der Waals surface area contributed by atoms with E-state index in [2.05, 4.69) is 10.3 Å². The van der Waals surface area contributed by atoms with Crippen molar-refractivity contribution in [3.8, 4) is 5.75 Å². The van der Waals surface area contributed by atoms with Crippen molar-refractivity contribution in [2.24, 2.45) is 5.92 Å². The smallest absolute Gasteiger partial charge is 0.244 e. The van der Waals surface area contributed by atoms with Gasteiger partial charge in [0.05, 0.1) is 6.54 Å². The molecule has 1 unspecified atom stereocenters. The quantitative estimate of drug-likeness (QED) is 0.822. The summed E-state index contributed by atoms with van der Waals surface area (Å²) in [6.07, 6.45) is 4.66. The van der Waals surface area contributed by atoms with Crippen molar-refractivity contribution in [2.75, 3.05) is 19.6 Å². The number of piperidine rings is 1. The highest BCUT2D eigenvalue weighted by Crippen LogP contribution is 2.28. The number of carbonyl (C=O) groups excluding carboxylic acids is 1. The van der Waals surface area contributed by atoms with Crippen molar-refractivity contribution in [1.82, 2.24) is 14.6 Å². The lowest BCUT2D eigenvalue weighted by Crippen LogP contribution is -2.44. The molecule has 0 radical (unpaired) electrons. The summed E-state index contributed by atoms with van der Waals surface area (Å²) in [7, 11) is -3.55. The molecule has 0 spiro atoms. The Balaban J connectivity index is 1.27. The molecule has 1 atom stereocenters. The number of rotatable bonds is 5. The number of hydrogen-bond donors (Lipinski definition) is 1. The van der Waals surface area contributed by atoms with E-state index in [9.17, 15) is 13.2 Å². The summed E-state index contributed by atoms with van der Waals surface area (Å²) >= 11 is 0. The first-order chi connectivity index (χ1) is 13.5. The zero-order chi connectivity index (χ0) is 19.6. The predicted molar refractivity (Wildman–Crippen MR) is 103 cm³/mol. The van der Waals surface area contributed by atoms with Crippen LogP contribution in [0.15, 0.2) is 53.7 Å². The van der Waals surface area contributed by atoms with Crippen molar-refractivity contribution in [3.05, 3.63) is 54.4 Å². The summed E-state index contributed by atoms with van der Waals surface area (Å²) in [4.78, 5) is 16.6. The van der Waals surface area contributed by atoms with E-state index in [0.29, 0.717) is 32.5 Å². The maximum atomic E-state index is 12.6. The number of sulfonamides is 1. The molecule has 2 aliphatic rings. The van der Waals surface area contributed by atoms with Gasteiger partial charge in [0.15, 0.2) is 0 Å². The minimum atomic E-state index is -3.55. The SMILES string of the molecule is O=C(NCC1Cc2ccccc2O1)C1CCN(S(=O)(=O)c2cccnc2)CC1. The molecule has 1 fully saturated rings. The summed E-state index contributed by atoms with van der Waals surface area (Å²) in [5.41, 5.74) is 1.16. The fraction of sp³-hybridized carbons (Fsp3) is 0.400. The van der Waals surface area contributed by atoms with Crippen LogP contribution in [0.3, 0.4) is 0 Å². The molecular weight excluding hydrogens is 378 g/mol. The monoisotopic (exact) mass is 401 g/mol. The van der Waals surface area contributed by atoms with Crippen LogP contribution in [-0.2, 0) is 21.2 Å². The third-order valence-electron chi connectivity index (χ3n) is 5.31. The van der Waals surface area contributed by atoms with E-state index in [0.717, 1.165) is 17.7 Å². The molecule has 1 aromatic carbocycles. The van der Waals surface area contributed by atoms with Crippen LogP contribution in [0.4, 0.5) is 0 Å². The number of nitrogens with one attached hydrogen (secondary N) is 1. The lowest BCUT2D eigenvalue weighted by molar-refractivity contribution is -0.126. The van der Waals surface area contributed by atoms with Gasteiger partial charge in [0.1, 0.15) is 16.7 Å². The minimum Gasteiger partial charge on any atom is -0.488 e. The Bertz CT molecular complexity index is 916.